The van der Waals surface area contributed by atoms with Gasteiger partial charge in [-0.05, 0) is 113 Å². The highest BCUT2D eigenvalue weighted by molar-refractivity contribution is 5.22. The second-order valence-electron chi connectivity index (χ2n) is 10.2. The van der Waals surface area contributed by atoms with E-state index < -0.39 is 0 Å². The lowest BCUT2D eigenvalue weighted by molar-refractivity contribution is 0.000174. The first kappa shape index (κ1) is 30.3. The number of hydrogen-bond donors (Lipinski definition) is 0. The minimum atomic E-state index is -0.116. The summed E-state index contributed by atoms with van der Waals surface area (Å²) in [5.74, 6) is 1.36. The molecular formula is C30H46F2O2. The summed E-state index contributed by atoms with van der Waals surface area (Å²) < 4.78 is 35.9. The molecule has 192 valence electrons. The van der Waals surface area contributed by atoms with Crippen LogP contribution in [0, 0.1) is 51.2 Å². The van der Waals surface area contributed by atoms with Crippen LogP contribution in [0.4, 0.5) is 8.78 Å². The van der Waals surface area contributed by atoms with E-state index in [-0.39, 0.29) is 11.6 Å². The summed E-state index contributed by atoms with van der Waals surface area (Å²) in [4.78, 5) is 0. The summed E-state index contributed by atoms with van der Waals surface area (Å²) in [6, 6.07) is 10.4. The van der Waals surface area contributed by atoms with Crippen molar-refractivity contribution in [2.45, 2.75) is 93.3 Å². The first-order valence-corrected chi connectivity index (χ1v) is 12.7. The summed E-state index contributed by atoms with van der Waals surface area (Å²) in [6.07, 6.45) is 6.24. The van der Waals surface area contributed by atoms with Crippen LogP contribution in [0.15, 0.2) is 36.4 Å². The van der Waals surface area contributed by atoms with Crippen LogP contribution < -0.4 is 0 Å². The molecule has 2 saturated heterocycles. The molecule has 2 fully saturated rings. The van der Waals surface area contributed by atoms with Gasteiger partial charge in [-0.3, -0.25) is 0 Å². The zero-order valence-electron chi connectivity index (χ0n) is 22.6. The van der Waals surface area contributed by atoms with E-state index in [2.05, 4.69) is 27.7 Å². The summed E-state index contributed by atoms with van der Waals surface area (Å²) in [5.41, 5.74) is 3.36. The fourth-order valence-electron chi connectivity index (χ4n) is 3.42. The Hall–Kier alpha value is -1.78. The van der Waals surface area contributed by atoms with E-state index in [0.717, 1.165) is 36.2 Å². The first-order chi connectivity index (χ1) is 16.0. The molecule has 2 aromatic rings. The van der Waals surface area contributed by atoms with Gasteiger partial charge < -0.3 is 9.47 Å². The lowest BCUT2D eigenvalue weighted by Gasteiger charge is -2.23. The topological polar surface area (TPSA) is 18.5 Å². The molecule has 0 N–H and O–H groups in total. The monoisotopic (exact) mass is 476 g/mol. The number of aryl methyl sites for hydroxylation is 4. The summed E-state index contributed by atoms with van der Waals surface area (Å²) in [7, 11) is 0. The molecule has 0 bridgehead atoms. The largest absolute Gasteiger partial charge is 0.378 e. The van der Waals surface area contributed by atoms with Crippen molar-refractivity contribution >= 4 is 0 Å². The Morgan fingerprint density at radius 3 is 1.15 bits per heavy atom. The molecule has 2 aromatic carbocycles. The number of ether oxygens (including phenoxy) is 2. The molecule has 0 radical (unpaired) electrons. The maximum Gasteiger partial charge on any atom is 0.126 e. The number of hydrogen-bond acceptors (Lipinski definition) is 2. The normalized spacial score (nSPS) is 23.8. The lowest BCUT2D eigenvalue weighted by Crippen LogP contribution is -2.21. The molecule has 4 unspecified atom stereocenters. The van der Waals surface area contributed by atoms with Crippen molar-refractivity contribution in [3.63, 3.8) is 0 Å². The average Bonchev–Trinajstić information content (AvgIpc) is 2.79. The number of rotatable bonds is 0. The molecule has 0 aliphatic carbocycles. The maximum absolute atomic E-state index is 12.6. The predicted octanol–water partition coefficient (Wildman–Crippen LogP) is 8.53. The molecule has 0 amide bonds. The summed E-state index contributed by atoms with van der Waals surface area (Å²) in [5, 5.41) is 0. The van der Waals surface area contributed by atoms with Gasteiger partial charge in [0, 0.05) is 13.2 Å². The van der Waals surface area contributed by atoms with Crippen LogP contribution in [0.3, 0.4) is 0 Å². The van der Waals surface area contributed by atoms with Gasteiger partial charge >= 0.3 is 0 Å². The Morgan fingerprint density at radius 2 is 0.941 bits per heavy atom. The highest BCUT2D eigenvalue weighted by atomic mass is 19.1. The van der Waals surface area contributed by atoms with Gasteiger partial charge in [-0.25, -0.2) is 8.78 Å². The molecule has 2 nitrogen and oxygen atoms in total. The van der Waals surface area contributed by atoms with E-state index in [4.69, 9.17) is 9.47 Å². The molecule has 4 rings (SSSR count). The number of benzene rings is 2. The van der Waals surface area contributed by atoms with Crippen molar-refractivity contribution in [2.24, 2.45) is 11.8 Å². The molecule has 0 aromatic heterocycles. The van der Waals surface area contributed by atoms with E-state index >= 15 is 0 Å². The molecule has 34 heavy (non-hydrogen) atoms. The minimum absolute atomic E-state index is 0.116. The highest BCUT2D eigenvalue weighted by Gasteiger charge is 2.14. The van der Waals surface area contributed by atoms with Crippen LogP contribution in [-0.4, -0.2) is 25.4 Å². The van der Waals surface area contributed by atoms with E-state index in [1.807, 2.05) is 26.0 Å². The Morgan fingerprint density at radius 1 is 0.588 bits per heavy atom. The van der Waals surface area contributed by atoms with Gasteiger partial charge in [0.15, 0.2) is 0 Å². The Bertz CT molecular complexity index is 731. The Kier molecular flexibility index (Phi) is 14.2. The van der Waals surface area contributed by atoms with Crippen LogP contribution >= 0.6 is 0 Å². The van der Waals surface area contributed by atoms with Gasteiger partial charge in [0.05, 0.1) is 12.2 Å². The molecule has 4 heteroatoms. The van der Waals surface area contributed by atoms with Gasteiger partial charge in [0.2, 0.25) is 0 Å². The molecule has 0 spiro atoms. The average molecular weight is 477 g/mol. The van der Waals surface area contributed by atoms with Gasteiger partial charge in [0.1, 0.15) is 11.6 Å². The summed E-state index contributed by atoms with van der Waals surface area (Å²) >= 11 is 0. The maximum atomic E-state index is 12.6. The van der Waals surface area contributed by atoms with Crippen molar-refractivity contribution in [3.05, 3.63) is 70.3 Å². The van der Waals surface area contributed by atoms with Crippen molar-refractivity contribution in [2.75, 3.05) is 13.2 Å². The minimum Gasteiger partial charge on any atom is -0.378 e. The SMILES string of the molecule is CC1CCC(C)OC1.CC1CCC(C)OC1.Cc1ccc(C)c(F)c1.Cc1ccc(C)c(F)c1. The zero-order valence-corrected chi connectivity index (χ0v) is 22.6. The van der Waals surface area contributed by atoms with Gasteiger partial charge in [-0.1, -0.05) is 38.1 Å². The van der Waals surface area contributed by atoms with Gasteiger partial charge in [0.25, 0.3) is 0 Å². The molecule has 2 aliphatic heterocycles. The highest BCUT2D eigenvalue weighted by Crippen LogP contribution is 2.17. The molecule has 2 heterocycles. The lowest BCUT2D eigenvalue weighted by atomic mass is 10.0. The van der Waals surface area contributed by atoms with Crippen molar-refractivity contribution in [3.8, 4) is 0 Å². The van der Waals surface area contributed by atoms with E-state index in [9.17, 15) is 8.78 Å². The van der Waals surface area contributed by atoms with Crippen molar-refractivity contribution < 1.29 is 18.3 Å². The Balaban J connectivity index is 0.000000227. The third-order valence-corrected chi connectivity index (χ3v) is 6.12. The van der Waals surface area contributed by atoms with E-state index in [1.54, 1.807) is 26.0 Å². The van der Waals surface area contributed by atoms with E-state index in [0.29, 0.717) is 23.3 Å². The fourth-order valence-corrected chi connectivity index (χ4v) is 3.42. The summed E-state index contributed by atoms with van der Waals surface area (Å²) in [6.45, 7) is 18.0. The van der Waals surface area contributed by atoms with Crippen LogP contribution in [0.1, 0.15) is 75.6 Å². The third-order valence-electron chi connectivity index (χ3n) is 6.12. The number of halogens is 2. The predicted molar refractivity (Wildman–Crippen MR) is 139 cm³/mol. The van der Waals surface area contributed by atoms with Crippen molar-refractivity contribution in [1.82, 2.24) is 0 Å². The van der Waals surface area contributed by atoms with Gasteiger partial charge in [-0.15, -0.1) is 0 Å². The molecular weight excluding hydrogens is 430 g/mol. The van der Waals surface area contributed by atoms with Crippen LogP contribution in [-0.2, 0) is 9.47 Å². The van der Waals surface area contributed by atoms with E-state index in [1.165, 1.54) is 37.8 Å². The first-order valence-electron chi connectivity index (χ1n) is 12.7. The fraction of sp³-hybridized carbons (Fsp3) is 0.600. The quantitative estimate of drug-likeness (QED) is 0.379. The Labute approximate surface area is 207 Å². The molecule has 4 atom stereocenters. The van der Waals surface area contributed by atoms with Crippen LogP contribution in [0.5, 0.6) is 0 Å². The van der Waals surface area contributed by atoms with Crippen molar-refractivity contribution in [1.29, 1.82) is 0 Å². The molecule has 0 saturated carbocycles. The molecule has 2 aliphatic rings. The van der Waals surface area contributed by atoms with Crippen LogP contribution in [0.25, 0.3) is 0 Å². The zero-order chi connectivity index (χ0) is 25.7. The van der Waals surface area contributed by atoms with Crippen LogP contribution in [0.2, 0.25) is 0 Å². The third kappa shape index (κ3) is 13.2. The standard InChI is InChI=1S/2C8H9F.2C7H14O/c2*1-6-3-4-7(2)8(9)5-6;2*1-6-3-4-7(2)8-5-6/h2*3-5H,1-2H3;2*6-7H,3-5H2,1-2H3. The second-order valence-corrected chi connectivity index (χ2v) is 10.2. The smallest absolute Gasteiger partial charge is 0.126 e. The second kappa shape index (κ2) is 16.0. The van der Waals surface area contributed by atoms with Gasteiger partial charge in [-0.2, -0.15) is 0 Å².